The molecule has 4 rings (SSSR count). The summed E-state index contributed by atoms with van der Waals surface area (Å²) in [5.74, 6) is -0.213. The summed E-state index contributed by atoms with van der Waals surface area (Å²) >= 11 is 0. The summed E-state index contributed by atoms with van der Waals surface area (Å²) in [7, 11) is 0. The first-order valence-electron chi connectivity index (χ1n) is 10.1. The second-order valence-electron chi connectivity index (χ2n) is 7.69. The third-order valence-corrected chi connectivity index (χ3v) is 5.36. The minimum absolute atomic E-state index is 0.0854. The van der Waals surface area contributed by atoms with Gasteiger partial charge < -0.3 is 16.4 Å². The third kappa shape index (κ3) is 4.40. The van der Waals surface area contributed by atoms with Gasteiger partial charge in [-0.1, -0.05) is 0 Å². The van der Waals surface area contributed by atoms with Crippen LogP contribution in [0.15, 0.2) is 48.9 Å². The standard InChI is InChI=1S/C22H22F3N7/c23-22(24,25)16-5-6-18(31-21(16)32-8-2-4-14(26)12-32)20(28)15-9-19(30-11-17(15)27)13-3-1-7-29-10-13/h1,3,5-7,9-11,14,28H,2,4,8,12,26-27H2/t14-/m0/s1. The van der Waals surface area contributed by atoms with E-state index in [1.165, 1.54) is 12.3 Å². The summed E-state index contributed by atoms with van der Waals surface area (Å²) in [5.41, 5.74) is 13.0. The monoisotopic (exact) mass is 441 g/mol. The van der Waals surface area contributed by atoms with Crippen molar-refractivity contribution >= 4 is 17.2 Å². The number of nitrogens with two attached hydrogens (primary N) is 2. The van der Waals surface area contributed by atoms with Crippen molar-refractivity contribution in [1.29, 1.82) is 5.41 Å². The van der Waals surface area contributed by atoms with E-state index in [9.17, 15) is 13.2 Å². The van der Waals surface area contributed by atoms with E-state index >= 15 is 0 Å². The van der Waals surface area contributed by atoms with E-state index in [0.717, 1.165) is 18.1 Å². The van der Waals surface area contributed by atoms with E-state index in [-0.39, 0.29) is 35.5 Å². The van der Waals surface area contributed by atoms with Gasteiger partial charge >= 0.3 is 6.18 Å². The summed E-state index contributed by atoms with van der Waals surface area (Å²) in [6.07, 6.45) is 1.52. The fraction of sp³-hybridized carbons (Fsp3) is 0.273. The lowest BCUT2D eigenvalue weighted by Gasteiger charge is -2.33. The molecule has 0 bridgehead atoms. The van der Waals surface area contributed by atoms with E-state index < -0.39 is 11.7 Å². The Morgan fingerprint density at radius 1 is 1.19 bits per heavy atom. The second kappa shape index (κ2) is 8.54. The molecule has 0 amide bonds. The van der Waals surface area contributed by atoms with Crippen molar-refractivity contribution in [3.05, 3.63) is 65.7 Å². The molecule has 1 aliphatic heterocycles. The molecule has 3 aromatic rings. The zero-order valence-electron chi connectivity index (χ0n) is 17.1. The van der Waals surface area contributed by atoms with Crippen LogP contribution in [0.3, 0.4) is 0 Å². The van der Waals surface area contributed by atoms with Gasteiger partial charge in [0.05, 0.1) is 34.5 Å². The highest BCUT2D eigenvalue weighted by Gasteiger charge is 2.37. The van der Waals surface area contributed by atoms with Crippen LogP contribution in [-0.2, 0) is 6.18 Å². The summed E-state index contributed by atoms with van der Waals surface area (Å²) in [4.78, 5) is 14.1. The normalized spacial score (nSPS) is 16.8. The average Bonchev–Trinajstić information content (AvgIpc) is 2.78. The van der Waals surface area contributed by atoms with Gasteiger partial charge in [-0.3, -0.25) is 15.4 Å². The van der Waals surface area contributed by atoms with Crippen molar-refractivity contribution in [3.8, 4) is 11.3 Å². The topological polar surface area (TPSA) is 118 Å². The Bertz CT molecular complexity index is 1130. The van der Waals surface area contributed by atoms with Gasteiger partial charge in [0.25, 0.3) is 0 Å². The van der Waals surface area contributed by atoms with Crippen molar-refractivity contribution in [3.63, 3.8) is 0 Å². The number of hydrogen-bond acceptors (Lipinski definition) is 7. The summed E-state index contributed by atoms with van der Waals surface area (Å²) in [6, 6.07) is 7.11. The highest BCUT2D eigenvalue weighted by molar-refractivity contribution is 6.13. The number of pyridine rings is 3. The van der Waals surface area contributed by atoms with E-state index in [1.807, 2.05) is 6.07 Å². The summed E-state index contributed by atoms with van der Waals surface area (Å²) in [5, 5.41) is 8.64. The van der Waals surface area contributed by atoms with Crippen molar-refractivity contribution < 1.29 is 13.2 Å². The van der Waals surface area contributed by atoms with Gasteiger partial charge in [0.1, 0.15) is 5.82 Å². The molecule has 4 heterocycles. The Hall–Kier alpha value is -3.53. The smallest absolute Gasteiger partial charge is 0.397 e. The number of rotatable bonds is 4. The fourth-order valence-electron chi connectivity index (χ4n) is 3.74. The van der Waals surface area contributed by atoms with E-state index in [1.54, 1.807) is 29.4 Å². The molecule has 32 heavy (non-hydrogen) atoms. The van der Waals surface area contributed by atoms with Crippen molar-refractivity contribution in [1.82, 2.24) is 15.0 Å². The largest absolute Gasteiger partial charge is 0.419 e. The molecule has 0 saturated carbocycles. The molecule has 0 aromatic carbocycles. The zero-order chi connectivity index (χ0) is 22.9. The van der Waals surface area contributed by atoms with Crippen LogP contribution in [0.2, 0.25) is 0 Å². The molecule has 166 valence electrons. The van der Waals surface area contributed by atoms with E-state index in [0.29, 0.717) is 24.2 Å². The number of piperidine rings is 1. The molecule has 7 nitrogen and oxygen atoms in total. The van der Waals surface area contributed by atoms with Crippen LogP contribution in [0.1, 0.15) is 29.7 Å². The Kier molecular flexibility index (Phi) is 5.79. The lowest BCUT2D eigenvalue weighted by molar-refractivity contribution is -0.137. The molecule has 3 aromatic heterocycles. The van der Waals surface area contributed by atoms with Crippen LogP contribution in [0.5, 0.6) is 0 Å². The first-order chi connectivity index (χ1) is 15.2. The van der Waals surface area contributed by atoms with Gasteiger partial charge in [-0.05, 0) is 43.2 Å². The Morgan fingerprint density at radius 3 is 2.69 bits per heavy atom. The highest BCUT2D eigenvalue weighted by atomic mass is 19.4. The van der Waals surface area contributed by atoms with Crippen LogP contribution in [0.25, 0.3) is 11.3 Å². The molecule has 1 atom stereocenters. The SMILES string of the molecule is N=C(c1ccc(C(F)(F)F)c(N2CCC[C@H](N)C2)n1)c1cc(-c2cccnc2)ncc1N. The van der Waals surface area contributed by atoms with Crippen LogP contribution in [0, 0.1) is 5.41 Å². The molecular formula is C22H22F3N7. The number of halogens is 3. The number of aromatic nitrogens is 3. The first kappa shape index (κ1) is 21.7. The molecule has 0 spiro atoms. The van der Waals surface area contributed by atoms with Crippen LogP contribution < -0.4 is 16.4 Å². The maximum atomic E-state index is 13.7. The van der Waals surface area contributed by atoms with Gasteiger partial charge in [-0.2, -0.15) is 13.2 Å². The maximum absolute atomic E-state index is 13.7. The molecular weight excluding hydrogens is 419 g/mol. The zero-order valence-corrected chi connectivity index (χ0v) is 17.1. The molecule has 1 aliphatic rings. The highest BCUT2D eigenvalue weighted by Crippen LogP contribution is 2.37. The molecule has 1 fully saturated rings. The number of nitrogens with one attached hydrogen (secondary N) is 1. The number of nitrogens with zero attached hydrogens (tertiary/aromatic N) is 4. The number of hydrogen-bond donors (Lipinski definition) is 3. The third-order valence-electron chi connectivity index (χ3n) is 5.36. The number of alkyl halides is 3. The first-order valence-corrected chi connectivity index (χ1v) is 10.1. The Morgan fingerprint density at radius 2 is 2.00 bits per heavy atom. The van der Waals surface area contributed by atoms with Crippen molar-refractivity contribution in [2.75, 3.05) is 23.7 Å². The molecule has 0 radical (unpaired) electrons. The fourth-order valence-corrected chi connectivity index (χ4v) is 3.74. The molecule has 0 unspecified atom stereocenters. The predicted molar refractivity (Wildman–Crippen MR) is 116 cm³/mol. The Balaban J connectivity index is 1.75. The summed E-state index contributed by atoms with van der Waals surface area (Å²) < 4.78 is 41.0. The average molecular weight is 441 g/mol. The van der Waals surface area contributed by atoms with E-state index in [2.05, 4.69) is 15.0 Å². The second-order valence-corrected chi connectivity index (χ2v) is 7.69. The lowest BCUT2D eigenvalue weighted by Crippen LogP contribution is -2.44. The van der Waals surface area contributed by atoms with Crippen molar-refractivity contribution in [2.45, 2.75) is 25.1 Å². The van der Waals surface area contributed by atoms with Gasteiger partial charge in [0, 0.05) is 42.7 Å². The van der Waals surface area contributed by atoms with Gasteiger partial charge in [-0.15, -0.1) is 0 Å². The van der Waals surface area contributed by atoms with Crippen LogP contribution in [-0.4, -0.2) is 39.8 Å². The van der Waals surface area contributed by atoms with Gasteiger partial charge in [0.2, 0.25) is 0 Å². The maximum Gasteiger partial charge on any atom is 0.419 e. The minimum atomic E-state index is -4.58. The minimum Gasteiger partial charge on any atom is -0.397 e. The van der Waals surface area contributed by atoms with Gasteiger partial charge in [0.15, 0.2) is 0 Å². The van der Waals surface area contributed by atoms with Crippen LogP contribution in [0.4, 0.5) is 24.7 Å². The number of anilines is 2. The molecule has 0 aliphatic carbocycles. The van der Waals surface area contributed by atoms with E-state index in [4.69, 9.17) is 16.9 Å². The number of nitrogen functional groups attached to an aromatic ring is 1. The molecule has 5 N–H and O–H groups in total. The molecule has 10 heteroatoms. The quantitative estimate of drug-likeness (QED) is 0.534. The predicted octanol–water partition coefficient (Wildman–Crippen LogP) is 3.48. The van der Waals surface area contributed by atoms with Gasteiger partial charge in [-0.25, -0.2) is 4.98 Å². The molecule has 1 saturated heterocycles. The van der Waals surface area contributed by atoms with Crippen molar-refractivity contribution in [2.24, 2.45) is 5.73 Å². The van der Waals surface area contributed by atoms with Crippen LogP contribution >= 0.6 is 0 Å². The summed E-state index contributed by atoms with van der Waals surface area (Å²) in [6.45, 7) is 0.693. The lowest BCUT2D eigenvalue weighted by atomic mass is 10.0. The Labute approximate surface area is 182 Å².